The van der Waals surface area contributed by atoms with Crippen molar-refractivity contribution in [3.05, 3.63) is 52.7 Å². The largest absolute Gasteiger partial charge is 0.463 e. The van der Waals surface area contributed by atoms with Crippen LogP contribution in [0.4, 0.5) is 0 Å². The van der Waals surface area contributed by atoms with Crippen molar-refractivity contribution in [1.29, 1.82) is 0 Å². The first-order chi connectivity index (χ1) is 12.0. The van der Waals surface area contributed by atoms with Crippen molar-refractivity contribution in [3.8, 4) is 0 Å². The van der Waals surface area contributed by atoms with Crippen LogP contribution in [0.15, 0.2) is 47.2 Å². The Morgan fingerprint density at radius 3 is 2.04 bits per heavy atom. The van der Waals surface area contributed by atoms with E-state index in [0.29, 0.717) is 29.0 Å². The van der Waals surface area contributed by atoms with Crippen molar-refractivity contribution in [2.24, 2.45) is 5.92 Å². The second-order valence-electron chi connectivity index (χ2n) is 5.72. The summed E-state index contributed by atoms with van der Waals surface area (Å²) in [5, 5.41) is 3.23. The highest BCUT2D eigenvalue weighted by molar-refractivity contribution is 6.03. The van der Waals surface area contributed by atoms with Gasteiger partial charge >= 0.3 is 11.9 Å². The molecule has 5 nitrogen and oxygen atoms in total. The molecule has 0 fully saturated rings. The number of hydrogen-bond acceptors (Lipinski definition) is 5. The van der Waals surface area contributed by atoms with Crippen LogP contribution in [0.25, 0.3) is 5.70 Å². The minimum atomic E-state index is -0.407. The molecule has 1 aliphatic heterocycles. The van der Waals surface area contributed by atoms with Gasteiger partial charge in [-0.25, -0.2) is 9.59 Å². The van der Waals surface area contributed by atoms with E-state index in [1.54, 1.807) is 13.8 Å². The zero-order chi connectivity index (χ0) is 18.4. The van der Waals surface area contributed by atoms with Crippen LogP contribution in [0, 0.1) is 5.92 Å². The zero-order valence-corrected chi connectivity index (χ0v) is 15.2. The summed E-state index contributed by atoms with van der Waals surface area (Å²) >= 11 is 0. The normalized spacial score (nSPS) is 17.2. The molecule has 25 heavy (non-hydrogen) atoms. The standard InChI is InChI=1S/C20H25NO4/c1-5-15-16(19(22)24-6-2)13(4)21-18(14-11-9-8-10-12-14)17(15)20(23)25-7-3/h8-12,15,21H,5-7H2,1-4H3/t15-/m0/s1. The van der Waals surface area contributed by atoms with Gasteiger partial charge in [-0.3, -0.25) is 0 Å². The maximum Gasteiger partial charge on any atom is 0.336 e. The fraction of sp³-hybridized carbons (Fsp3) is 0.400. The lowest BCUT2D eigenvalue weighted by Gasteiger charge is -2.30. The quantitative estimate of drug-likeness (QED) is 0.802. The molecule has 0 unspecified atom stereocenters. The number of hydrogen-bond donors (Lipinski definition) is 1. The molecule has 0 radical (unpaired) electrons. The van der Waals surface area contributed by atoms with Gasteiger partial charge in [-0.1, -0.05) is 37.3 Å². The summed E-state index contributed by atoms with van der Waals surface area (Å²) in [4.78, 5) is 25.1. The van der Waals surface area contributed by atoms with Gasteiger partial charge < -0.3 is 14.8 Å². The van der Waals surface area contributed by atoms with Crippen LogP contribution in [-0.2, 0) is 19.1 Å². The molecule has 1 aliphatic rings. The Morgan fingerprint density at radius 2 is 1.52 bits per heavy atom. The van der Waals surface area contributed by atoms with Crippen LogP contribution in [0.1, 0.15) is 39.7 Å². The molecular formula is C20H25NO4. The third-order valence-electron chi connectivity index (χ3n) is 4.14. The number of benzene rings is 1. The van der Waals surface area contributed by atoms with Crippen LogP contribution in [0.5, 0.6) is 0 Å². The zero-order valence-electron chi connectivity index (χ0n) is 15.2. The maximum absolute atomic E-state index is 12.7. The Bertz CT molecular complexity index is 704. The van der Waals surface area contributed by atoms with Crippen molar-refractivity contribution in [3.63, 3.8) is 0 Å². The molecule has 1 aromatic rings. The van der Waals surface area contributed by atoms with E-state index in [1.165, 1.54) is 0 Å². The average molecular weight is 343 g/mol. The molecule has 0 aromatic heterocycles. The Morgan fingerprint density at radius 1 is 0.960 bits per heavy atom. The van der Waals surface area contributed by atoms with E-state index in [9.17, 15) is 9.59 Å². The number of esters is 2. The summed E-state index contributed by atoms with van der Waals surface area (Å²) in [7, 11) is 0. The fourth-order valence-electron chi connectivity index (χ4n) is 3.10. The van der Waals surface area contributed by atoms with E-state index >= 15 is 0 Å². The molecule has 1 aromatic carbocycles. The lowest BCUT2D eigenvalue weighted by molar-refractivity contribution is -0.140. The molecule has 0 amide bonds. The molecule has 2 rings (SSSR count). The van der Waals surface area contributed by atoms with Gasteiger partial charge in [-0.05, 0) is 32.8 Å². The molecular weight excluding hydrogens is 318 g/mol. The van der Waals surface area contributed by atoms with Crippen LogP contribution in [0.2, 0.25) is 0 Å². The maximum atomic E-state index is 12.7. The second-order valence-corrected chi connectivity index (χ2v) is 5.72. The highest BCUT2D eigenvalue weighted by Crippen LogP contribution is 2.37. The van der Waals surface area contributed by atoms with Crippen LogP contribution < -0.4 is 5.32 Å². The summed E-state index contributed by atoms with van der Waals surface area (Å²) in [6, 6.07) is 9.59. The highest BCUT2D eigenvalue weighted by atomic mass is 16.5. The van der Waals surface area contributed by atoms with Gasteiger partial charge in [0.05, 0.1) is 30.1 Å². The first-order valence-electron chi connectivity index (χ1n) is 8.66. The lowest BCUT2D eigenvalue weighted by Crippen LogP contribution is -2.33. The van der Waals surface area contributed by atoms with E-state index in [1.807, 2.05) is 44.2 Å². The summed E-state index contributed by atoms with van der Waals surface area (Å²) < 4.78 is 10.5. The monoisotopic (exact) mass is 343 g/mol. The van der Waals surface area contributed by atoms with Gasteiger partial charge in [-0.2, -0.15) is 0 Å². The predicted octanol–water partition coefficient (Wildman–Crippen LogP) is 3.43. The van der Waals surface area contributed by atoms with Gasteiger partial charge in [0, 0.05) is 11.6 Å². The molecule has 134 valence electrons. The fourth-order valence-corrected chi connectivity index (χ4v) is 3.10. The van der Waals surface area contributed by atoms with E-state index in [2.05, 4.69) is 5.32 Å². The molecule has 0 saturated heterocycles. The van der Waals surface area contributed by atoms with Gasteiger partial charge in [0.2, 0.25) is 0 Å². The van der Waals surface area contributed by atoms with E-state index in [-0.39, 0.29) is 19.1 Å². The molecule has 1 atom stereocenters. The third-order valence-corrected chi connectivity index (χ3v) is 4.14. The van der Waals surface area contributed by atoms with Crippen molar-refractivity contribution < 1.29 is 19.1 Å². The summed E-state index contributed by atoms with van der Waals surface area (Å²) in [6.45, 7) is 7.88. The first-order valence-corrected chi connectivity index (χ1v) is 8.66. The average Bonchev–Trinajstić information content (AvgIpc) is 2.61. The smallest absolute Gasteiger partial charge is 0.336 e. The minimum absolute atomic E-state index is 0.276. The molecule has 0 bridgehead atoms. The van der Waals surface area contributed by atoms with Crippen molar-refractivity contribution in [2.75, 3.05) is 13.2 Å². The molecule has 1 heterocycles. The number of dihydropyridines is 1. The van der Waals surface area contributed by atoms with Gasteiger partial charge in [0.15, 0.2) is 0 Å². The van der Waals surface area contributed by atoms with Crippen LogP contribution in [0.3, 0.4) is 0 Å². The number of carbonyl (C=O) groups is 2. The molecule has 1 N–H and O–H groups in total. The van der Waals surface area contributed by atoms with E-state index in [4.69, 9.17) is 9.47 Å². The number of ether oxygens (including phenoxy) is 2. The van der Waals surface area contributed by atoms with Crippen molar-refractivity contribution in [2.45, 2.75) is 34.1 Å². The summed E-state index contributed by atoms with van der Waals surface area (Å²) in [6.07, 6.45) is 0.595. The molecule has 0 aliphatic carbocycles. The van der Waals surface area contributed by atoms with Crippen LogP contribution in [-0.4, -0.2) is 25.2 Å². The molecule has 0 saturated carbocycles. The van der Waals surface area contributed by atoms with Gasteiger partial charge in [0.25, 0.3) is 0 Å². The van der Waals surface area contributed by atoms with E-state index < -0.39 is 11.9 Å². The lowest BCUT2D eigenvalue weighted by atomic mass is 9.82. The number of carbonyl (C=O) groups excluding carboxylic acids is 2. The number of rotatable bonds is 6. The van der Waals surface area contributed by atoms with E-state index in [0.717, 1.165) is 5.56 Å². The Labute approximate surface area is 148 Å². The van der Waals surface area contributed by atoms with Gasteiger partial charge in [-0.15, -0.1) is 0 Å². The van der Waals surface area contributed by atoms with Crippen molar-refractivity contribution >= 4 is 17.6 Å². The van der Waals surface area contributed by atoms with Crippen molar-refractivity contribution in [1.82, 2.24) is 5.32 Å². The first kappa shape index (κ1) is 18.8. The predicted molar refractivity (Wildman–Crippen MR) is 96.2 cm³/mol. The minimum Gasteiger partial charge on any atom is -0.463 e. The Hall–Kier alpha value is -2.56. The molecule has 0 spiro atoms. The summed E-state index contributed by atoms with van der Waals surface area (Å²) in [5.74, 6) is -1.17. The number of nitrogens with one attached hydrogen (secondary N) is 1. The third kappa shape index (κ3) is 3.92. The number of allylic oxidation sites excluding steroid dienone is 1. The molecule has 5 heteroatoms. The Balaban J connectivity index is 2.59. The van der Waals surface area contributed by atoms with Gasteiger partial charge in [0.1, 0.15) is 0 Å². The topological polar surface area (TPSA) is 64.6 Å². The summed E-state index contributed by atoms with van der Waals surface area (Å²) in [5.41, 5.74) is 3.25. The SMILES string of the molecule is CCOC(=O)C1=C(C)NC(c2ccccc2)=C(C(=O)OCC)[C@H]1CC. The Kier molecular flexibility index (Phi) is 6.39. The highest BCUT2D eigenvalue weighted by Gasteiger charge is 2.37. The van der Waals surface area contributed by atoms with Crippen LogP contribution >= 0.6 is 0 Å². The second kappa shape index (κ2) is 8.51.